The molecule has 0 amide bonds. The van der Waals surface area contributed by atoms with Gasteiger partial charge in [0, 0.05) is 5.70 Å². The molecule has 1 aromatic carbocycles. The molecular weight excluding hydrogens is 172 g/mol. The third-order valence-electron chi connectivity index (χ3n) is 2.57. The normalized spacial score (nSPS) is 10.0. The van der Waals surface area contributed by atoms with E-state index in [0.29, 0.717) is 0 Å². The third kappa shape index (κ3) is 1.96. The number of rotatable bonds is 3. The maximum Gasteiger partial charge on any atom is 0.0485 e. The van der Waals surface area contributed by atoms with Gasteiger partial charge in [0.25, 0.3) is 0 Å². The summed E-state index contributed by atoms with van der Waals surface area (Å²) >= 11 is 0. The van der Waals surface area contributed by atoms with Crippen LogP contribution in [0.1, 0.15) is 29.2 Å². The topological polar surface area (TPSA) is 38.0 Å². The lowest BCUT2D eigenvalue weighted by Gasteiger charge is -2.12. The SMILES string of the molecule is C=C(NN)c1cc(C)c(CC)c(C)c1. The molecule has 3 N–H and O–H groups in total. The van der Waals surface area contributed by atoms with Gasteiger partial charge >= 0.3 is 0 Å². The van der Waals surface area contributed by atoms with E-state index in [1.165, 1.54) is 16.7 Å². The number of nitrogens with two attached hydrogens (primary N) is 1. The predicted octanol–water partition coefficient (Wildman–Crippen LogP) is 2.30. The van der Waals surface area contributed by atoms with Gasteiger partial charge in [-0.2, -0.15) is 0 Å². The molecule has 0 aromatic heterocycles. The molecule has 1 aromatic rings. The molecule has 1 rings (SSSR count). The first-order chi connectivity index (χ1) is 6.60. The summed E-state index contributed by atoms with van der Waals surface area (Å²) in [7, 11) is 0. The molecule has 0 aliphatic carbocycles. The summed E-state index contributed by atoms with van der Waals surface area (Å²) in [5, 5.41) is 0. The Morgan fingerprint density at radius 2 is 1.86 bits per heavy atom. The van der Waals surface area contributed by atoms with Crippen LogP contribution in [0.5, 0.6) is 0 Å². The Morgan fingerprint density at radius 3 is 2.21 bits per heavy atom. The number of benzene rings is 1. The molecule has 0 saturated heterocycles. The lowest BCUT2D eigenvalue weighted by molar-refractivity contribution is 0.990. The molecule has 14 heavy (non-hydrogen) atoms. The number of aryl methyl sites for hydroxylation is 2. The van der Waals surface area contributed by atoms with Gasteiger partial charge in [-0.3, -0.25) is 5.84 Å². The van der Waals surface area contributed by atoms with Crippen LogP contribution >= 0.6 is 0 Å². The van der Waals surface area contributed by atoms with Crippen LogP contribution in [0.25, 0.3) is 5.70 Å². The average Bonchev–Trinajstić information content (AvgIpc) is 2.16. The molecule has 0 fully saturated rings. The zero-order valence-electron chi connectivity index (χ0n) is 9.15. The smallest absolute Gasteiger partial charge is 0.0485 e. The minimum atomic E-state index is 0.763. The highest BCUT2D eigenvalue weighted by atomic mass is 15.2. The highest BCUT2D eigenvalue weighted by molar-refractivity contribution is 5.63. The minimum Gasteiger partial charge on any atom is -0.324 e. The van der Waals surface area contributed by atoms with E-state index < -0.39 is 0 Å². The molecule has 0 spiro atoms. The highest BCUT2D eigenvalue weighted by Crippen LogP contribution is 2.20. The van der Waals surface area contributed by atoms with Crippen LogP contribution < -0.4 is 11.3 Å². The maximum atomic E-state index is 5.33. The molecule has 2 nitrogen and oxygen atoms in total. The molecule has 76 valence electrons. The molecule has 0 bridgehead atoms. The van der Waals surface area contributed by atoms with Crippen molar-refractivity contribution >= 4 is 5.70 Å². The Bertz CT molecular complexity index is 330. The van der Waals surface area contributed by atoms with Gasteiger partial charge in [-0.05, 0) is 54.7 Å². The van der Waals surface area contributed by atoms with E-state index in [4.69, 9.17) is 5.84 Å². The van der Waals surface area contributed by atoms with Crippen LogP contribution in [0.3, 0.4) is 0 Å². The van der Waals surface area contributed by atoms with Crippen LogP contribution in [-0.2, 0) is 6.42 Å². The zero-order valence-corrected chi connectivity index (χ0v) is 9.15. The van der Waals surface area contributed by atoms with Crippen LogP contribution in [0.2, 0.25) is 0 Å². The second-order valence-electron chi connectivity index (χ2n) is 3.57. The molecule has 0 radical (unpaired) electrons. The Labute approximate surface area is 85.8 Å². The van der Waals surface area contributed by atoms with Crippen molar-refractivity contribution in [3.63, 3.8) is 0 Å². The van der Waals surface area contributed by atoms with Gasteiger partial charge in [0.2, 0.25) is 0 Å². The third-order valence-corrected chi connectivity index (χ3v) is 2.57. The van der Waals surface area contributed by atoms with Gasteiger partial charge in [0.1, 0.15) is 0 Å². The first kappa shape index (κ1) is 10.8. The fraction of sp³-hybridized carbons (Fsp3) is 0.333. The van der Waals surface area contributed by atoms with Gasteiger partial charge in [-0.25, -0.2) is 0 Å². The summed E-state index contributed by atoms with van der Waals surface area (Å²) in [5.41, 5.74) is 8.44. The fourth-order valence-corrected chi connectivity index (χ4v) is 1.81. The maximum absolute atomic E-state index is 5.33. The largest absolute Gasteiger partial charge is 0.324 e. The lowest BCUT2D eigenvalue weighted by atomic mass is 9.97. The molecular formula is C12H18N2. The number of hydrogen-bond acceptors (Lipinski definition) is 2. The van der Waals surface area contributed by atoms with Crippen LogP contribution in [0.4, 0.5) is 0 Å². The first-order valence-corrected chi connectivity index (χ1v) is 4.86. The number of hydrazine groups is 1. The summed E-state index contributed by atoms with van der Waals surface area (Å²) in [6.07, 6.45) is 1.07. The molecule has 0 saturated carbocycles. The van der Waals surface area contributed by atoms with Crippen LogP contribution in [-0.4, -0.2) is 0 Å². The Balaban J connectivity index is 3.20. The van der Waals surface area contributed by atoms with Crippen LogP contribution in [0.15, 0.2) is 18.7 Å². The Kier molecular flexibility index (Phi) is 3.31. The van der Waals surface area contributed by atoms with E-state index in [1.807, 2.05) is 0 Å². The van der Waals surface area contributed by atoms with E-state index >= 15 is 0 Å². The van der Waals surface area contributed by atoms with Crippen molar-refractivity contribution in [3.8, 4) is 0 Å². The minimum absolute atomic E-state index is 0.763. The zero-order chi connectivity index (χ0) is 10.7. The van der Waals surface area contributed by atoms with Crippen LogP contribution in [0, 0.1) is 13.8 Å². The van der Waals surface area contributed by atoms with Crippen molar-refractivity contribution < 1.29 is 0 Å². The van der Waals surface area contributed by atoms with E-state index in [9.17, 15) is 0 Å². The van der Waals surface area contributed by atoms with Gasteiger partial charge in [0.15, 0.2) is 0 Å². The van der Waals surface area contributed by atoms with Gasteiger partial charge in [-0.15, -0.1) is 0 Å². The molecule has 0 atom stereocenters. The lowest BCUT2D eigenvalue weighted by Crippen LogP contribution is -2.19. The summed E-state index contributed by atoms with van der Waals surface area (Å²) in [6, 6.07) is 4.24. The van der Waals surface area contributed by atoms with Crippen molar-refractivity contribution in [2.75, 3.05) is 0 Å². The van der Waals surface area contributed by atoms with Crippen molar-refractivity contribution in [1.29, 1.82) is 0 Å². The summed E-state index contributed by atoms with van der Waals surface area (Å²) in [4.78, 5) is 0. The van der Waals surface area contributed by atoms with E-state index in [-0.39, 0.29) is 0 Å². The molecule has 2 heteroatoms. The van der Waals surface area contributed by atoms with E-state index in [2.05, 4.69) is 44.9 Å². The Hall–Kier alpha value is -1.28. The number of nitrogens with one attached hydrogen (secondary N) is 1. The van der Waals surface area contributed by atoms with Gasteiger partial charge < -0.3 is 5.43 Å². The van der Waals surface area contributed by atoms with Gasteiger partial charge in [0.05, 0.1) is 0 Å². The standard InChI is InChI=1S/C12H18N2/c1-5-12-8(2)6-11(7-9(12)3)10(4)14-13/h6-7,14H,4-5,13H2,1-3H3. The molecule has 0 heterocycles. The molecule has 0 aliphatic heterocycles. The first-order valence-electron chi connectivity index (χ1n) is 4.86. The highest BCUT2D eigenvalue weighted by Gasteiger charge is 2.04. The average molecular weight is 190 g/mol. The second kappa shape index (κ2) is 4.29. The van der Waals surface area contributed by atoms with Crippen molar-refractivity contribution in [2.45, 2.75) is 27.2 Å². The monoisotopic (exact) mass is 190 g/mol. The fourth-order valence-electron chi connectivity index (χ4n) is 1.81. The van der Waals surface area contributed by atoms with Crippen molar-refractivity contribution in [3.05, 3.63) is 41.0 Å². The van der Waals surface area contributed by atoms with Gasteiger partial charge in [-0.1, -0.05) is 13.5 Å². The second-order valence-corrected chi connectivity index (χ2v) is 3.57. The molecule has 0 aliphatic rings. The van der Waals surface area contributed by atoms with Crippen molar-refractivity contribution in [2.24, 2.45) is 5.84 Å². The van der Waals surface area contributed by atoms with E-state index in [0.717, 1.165) is 17.7 Å². The van der Waals surface area contributed by atoms with Crippen molar-refractivity contribution in [1.82, 2.24) is 5.43 Å². The Morgan fingerprint density at radius 1 is 1.36 bits per heavy atom. The number of hydrogen-bond donors (Lipinski definition) is 2. The van der Waals surface area contributed by atoms with E-state index in [1.54, 1.807) is 0 Å². The summed E-state index contributed by atoms with van der Waals surface area (Å²) in [5.74, 6) is 5.33. The summed E-state index contributed by atoms with van der Waals surface area (Å²) in [6.45, 7) is 10.3. The molecule has 0 unspecified atom stereocenters. The predicted molar refractivity (Wildman–Crippen MR) is 61.7 cm³/mol. The quantitative estimate of drug-likeness (QED) is 0.567. The summed E-state index contributed by atoms with van der Waals surface area (Å²) < 4.78 is 0.